The van der Waals surface area contributed by atoms with Gasteiger partial charge in [-0.2, -0.15) is 13.2 Å². The molecule has 1 rings (SSSR count). The maximum absolute atomic E-state index is 12.6. The topological polar surface area (TPSA) is 32.3 Å². The normalized spacial score (nSPS) is 13.6. The van der Waals surface area contributed by atoms with Crippen LogP contribution >= 0.6 is 11.6 Å². The first kappa shape index (κ1) is 13.1. The van der Waals surface area contributed by atoms with Crippen molar-refractivity contribution in [3.05, 3.63) is 28.8 Å². The number of aliphatic hydroxyl groups is 1. The standard InChI is InChI=1S/C10H11ClF3NO/c1-6(16)5-15-9-3-2-7(11)4-8(9)10(12,13)14/h2-4,6,15-16H,5H2,1H3. The van der Waals surface area contributed by atoms with E-state index >= 15 is 0 Å². The van der Waals surface area contributed by atoms with Crippen molar-refractivity contribution in [3.8, 4) is 0 Å². The van der Waals surface area contributed by atoms with Gasteiger partial charge in [0, 0.05) is 17.3 Å². The van der Waals surface area contributed by atoms with Gasteiger partial charge in [0.25, 0.3) is 0 Å². The van der Waals surface area contributed by atoms with Crippen LogP contribution in [0.15, 0.2) is 18.2 Å². The molecule has 1 atom stereocenters. The summed E-state index contributed by atoms with van der Waals surface area (Å²) in [5.74, 6) is 0. The molecule has 0 radical (unpaired) electrons. The van der Waals surface area contributed by atoms with Crippen molar-refractivity contribution < 1.29 is 18.3 Å². The lowest BCUT2D eigenvalue weighted by Gasteiger charge is -2.15. The Morgan fingerprint density at radius 2 is 2.06 bits per heavy atom. The first-order chi connectivity index (χ1) is 7.30. The maximum atomic E-state index is 12.6. The molecule has 0 heterocycles. The summed E-state index contributed by atoms with van der Waals surface area (Å²) in [6.45, 7) is 1.53. The average Bonchev–Trinajstić information content (AvgIpc) is 2.14. The molecule has 6 heteroatoms. The molecule has 16 heavy (non-hydrogen) atoms. The van der Waals surface area contributed by atoms with Gasteiger partial charge < -0.3 is 10.4 Å². The maximum Gasteiger partial charge on any atom is 0.418 e. The van der Waals surface area contributed by atoms with Gasteiger partial charge >= 0.3 is 6.18 Å². The Morgan fingerprint density at radius 1 is 1.44 bits per heavy atom. The third-order valence-corrected chi connectivity index (χ3v) is 2.11. The molecule has 0 aliphatic heterocycles. The zero-order valence-electron chi connectivity index (χ0n) is 8.48. The fourth-order valence-electron chi connectivity index (χ4n) is 1.16. The van der Waals surface area contributed by atoms with Crippen LogP contribution in [0.25, 0.3) is 0 Å². The Morgan fingerprint density at radius 3 is 2.56 bits per heavy atom. The predicted octanol–water partition coefficient (Wildman–Crippen LogP) is 3.15. The van der Waals surface area contributed by atoms with Crippen molar-refractivity contribution in [2.45, 2.75) is 19.2 Å². The van der Waals surface area contributed by atoms with Crippen LogP contribution in [0.4, 0.5) is 18.9 Å². The molecule has 0 saturated heterocycles. The molecule has 90 valence electrons. The Hall–Kier alpha value is -0.940. The molecule has 0 saturated carbocycles. The molecule has 2 N–H and O–H groups in total. The van der Waals surface area contributed by atoms with E-state index in [1.165, 1.54) is 19.1 Å². The number of anilines is 1. The van der Waals surface area contributed by atoms with E-state index < -0.39 is 17.8 Å². The van der Waals surface area contributed by atoms with E-state index in [0.717, 1.165) is 6.07 Å². The summed E-state index contributed by atoms with van der Waals surface area (Å²) in [5, 5.41) is 11.5. The molecular formula is C10H11ClF3NO. The highest BCUT2D eigenvalue weighted by Gasteiger charge is 2.33. The monoisotopic (exact) mass is 253 g/mol. The highest BCUT2D eigenvalue weighted by Crippen LogP contribution is 2.36. The van der Waals surface area contributed by atoms with Crippen LogP contribution in [0.1, 0.15) is 12.5 Å². The first-order valence-electron chi connectivity index (χ1n) is 4.59. The molecule has 1 aromatic rings. The van der Waals surface area contributed by atoms with Crippen LogP contribution in [0.3, 0.4) is 0 Å². The van der Waals surface area contributed by atoms with Gasteiger partial charge in [-0.15, -0.1) is 0 Å². The predicted molar refractivity (Wildman–Crippen MR) is 56.6 cm³/mol. The third kappa shape index (κ3) is 3.57. The van der Waals surface area contributed by atoms with Crippen molar-refractivity contribution >= 4 is 17.3 Å². The second kappa shape index (κ2) is 4.93. The second-order valence-corrected chi connectivity index (χ2v) is 3.85. The van der Waals surface area contributed by atoms with Gasteiger partial charge in [0.05, 0.1) is 11.7 Å². The zero-order chi connectivity index (χ0) is 12.3. The van der Waals surface area contributed by atoms with E-state index in [-0.39, 0.29) is 17.3 Å². The van der Waals surface area contributed by atoms with E-state index in [2.05, 4.69) is 5.32 Å². The molecule has 0 fully saturated rings. The van der Waals surface area contributed by atoms with Crippen LogP contribution in [0, 0.1) is 0 Å². The summed E-state index contributed by atoms with van der Waals surface area (Å²) in [7, 11) is 0. The minimum atomic E-state index is -4.47. The summed E-state index contributed by atoms with van der Waals surface area (Å²) in [6, 6.07) is 3.46. The summed E-state index contributed by atoms with van der Waals surface area (Å²) in [5.41, 5.74) is -0.918. The van der Waals surface area contributed by atoms with E-state index in [4.69, 9.17) is 16.7 Å². The Balaban J connectivity index is 2.99. The molecule has 0 bridgehead atoms. The quantitative estimate of drug-likeness (QED) is 0.867. The molecule has 0 aliphatic carbocycles. The fraction of sp³-hybridized carbons (Fsp3) is 0.400. The molecule has 2 nitrogen and oxygen atoms in total. The van der Waals surface area contributed by atoms with Gasteiger partial charge in [0.15, 0.2) is 0 Å². The fourth-order valence-corrected chi connectivity index (χ4v) is 1.33. The minimum Gasteiger partial charge on any atom is -0.392 e. The number of hydrogen-bond donors (Lipinski definition) is 2. The summed E-state index contributed by atoms with van der Waals surface area (Å²) < 4.78 is 37.8. The summed E-state index contributed by atoms with van der Waals surface area (Å²) in [4.78, 5) is 0. The molecule has 0 aromatic heterocycles. The second-order valence-electron chi connectivity index (χ2n) is 3.42. The number of hydrogen-bond acceptors (Lipinski definition) is 2. The van der Waals surface area contributed by atoms with Gasteiger partial charge in [0.2, 0.25) is 0 Å². The minimum absolute atomic E-state index is 0.0231. The van der Waals surface area contributed by atoms with Crippen LogP contribution < -0.4 is 5.32 Å². The number of alkyl halides is 3. The third-order valence-electron chi connectivity index (χ3n) is 1.87. The van der Waals surface area contributed by atoms with Gasteiger partial charge in [0.1, 0.15) is 0 Å². The van der Waals surface area contributed by atoms with Crippen LogP contribution in [-0.2, 0) is 6.18 Å². The molecule has 0 aliphatic rings. The van der Waals surface area contributed by atoms with Crippen molar-refractivity contribution in [3.63, 3.8) is 0 Å². The average molecular weight is 254 g/mol. The molecule has 0 amide bonds. The molecule has 1 unspecified atom stereocenters. The lowest BCUT2D eigenvalue weighted by atomic mass is 10.1. The molecule has 1 aromatic carbocycles. The lowest BCUT2D eigenvalue weighted by molar-refractivity contribution is -0.137. The van der Waals surface area contributed by atoms with Crippen molar-refractivity contribution in [1.82, 2.24) is 0 Å². The first-order valence-corrected chi connectivity index (χ1v) is 4.97. The van der Waals surface area contributed by atoms with Gasteiger partial charge in [-0.25, -0.2) is 0 Å². The van der Waals surface area contributed by atoms with Crippen LogP contribution in [0.5, 0.6) is 0 Å². The van der Waals surface area contributed by atoms with Gasteiger partial charge in [-0.05, 0) is 25.1 Å². The van der Waals surface area contributed by atoms with Crippen molar-refractivity contribution in [2.75, 3.05) is 11.9 Å². The highest BCUT2D eigenvalue weighted by molar-refractivity contribution is 6.30. The van der Waals surface area contributed by atoms with E-state index in [1.807, 2.05) is 0 Å². The number of nitrogens with one attached hydrogen (secondary N) is 1. The Kier molecular flexibility index (Phi) is 4.04. The summed E-state index contributed by atoms with van der Waals surface area (Å²) in [6.07, 6.45) is -5.19. The van der Waals surface area contributed by atoms with E-state index in [1.54, 1.807) is 0 Å². The van der Waals surface area contributed by atoms with Gasteiger partial charge in [-0.1, -0.05) is 11.6 Å². The highest BCUT2D eigenvalue weighted by atomic mass is 35.5. The lowest BCUT2D eigenvalue weighted by Crippen LogP contribution is -2.18. The Bertz CT molecular complexity index is 366. The Labute approximate surface area is 96.0 Å². The smallest absolute Gasteiger partial charge is 0.392 e. The van der Waals surface area contributed by atoms with Gasteiger partial charge in [-0.3, -0.25) is 0 Å². The van der Waals surface area contributed by atoms with Crippen LogP contribution in [-0.4, -0.2) is 17.8 Å². The molecular weight excluding hydrogens is 243 g/mol. The SMILES string of the molecule is CC(O)CNc1ccc(Cl)cc1C(F)(F)F. The zero-order valence-corrected chi connectivity index (χ0v) is 9.23. The number of halogens is 4. The van der Waals surface area contributed by atoms with E-state index in [9.17, 15) is 13.2 Å². The van der Waals surface area contributed by atoms with Crippen molar-refractivity contribution in [2.24, 2.45) is 0 Å². The van der Waals surface area contributed by atoms with E-state index in [0.29, 0.717) is 0 Å². The van der Waals surface area contributed by atoms with Crippen molar-refractivity contribution in [1.29, 1.82) is 0 Å². The number of benzene rings is 1. The largest absolute Gasteiger partial charge is 0.418 e. The number of aliphatic hydroxyl groups excluding tert-OH is 1. The summed E-state index contributed by atoms with van der Waals surface area (Å²) >= 11 is 5.51. The number of rotatable bonds is 3. The molecule has 0 spiro atoms. The van der Waals surface area contributed by atoms with Crippen LogP contribution in [0.2, 0.25) is 5.02 Å².